The van der Waals surface area contributed by atoms with E-state index in [4.69, 9.17) is 4.74 Å². The molecule has 6 heteroatoms. The summed E-state index contributed by atoms with van der Waals surface area (Å²) in [5.41, 5.74) is 3.76. The first-order chi connectivity index (χ1) is 15.2. The summed E-state index contributed by atoms with van der Waals surface area (Å²) in [6.07, 6.45) is 6.95. The maximum atomic E-state index is 5.41. The van der Waals surface area contributed by atoms with Crippen LogP contribution in [0.5, 0.6) is 5.75 Å². The lowest BCUT2D eigenvalue weighted by Crippen LogP contribution is -2.38. The number of methoxy groups -OCH3 is 1. The van der Waals surface area contributed by atoms with E-state index in [0.29, 0.717) is 6.54 Å². The molecule has 0 amide bonds. The van der Waals surface area contributed by atoms with Crippen molar-refractivity contribution >= 4 is 5.96 Å². The molecule has 2 N–H and O–H groups in total. The number of benzene rings is 2. The van der Waals surface area contributed by atoms with Crippen molar-refractivity contribution in [1.29, 1.82) is 0 Å². The molecule has 0 bridgehead atoms. The number of nitrogens with one attached hydrogen (secondary N) is 2. The molecule has 31 heavy (non-hydrogen) atoms. The molecule has 0 aliphatic carbocycles. The summed E-state index contributed by atoms with van der Waals surface area (Å²) >= 11 is 0. The Bertz CT molecular complexity index is 965. The first kappa shape index (κ1) is 22.4. The molecule has 1 aromatic heterocycles. The highest BCUT2D eigenvalue weighted by molar-refractivity contribution is 5.79. The van der Waals surface area contributed by atoms with Crippen molar-refractivity contribution in [3.8, 4) is 5.75 Å². The number of imidazole rings is 1. The van der Waals surface area contributed by atoms with Gasteiger partial charge >= 0.3 is 0 Å². The van der Waals surface area contributed by atoms with E-state index in [-0.39, 0.29) is 0 Å². The lowest BCUT2D eigenvalue weighted by Gasteiger charge is -2.13. The van der Waals surface area contributed by atoms with Crippen LogP contribution in [0.3, 0.4) is 0 Å². The standard InChI is InChI=1S/C25H33N5O/c1-20-11-12-22(18-23(20)31-3)13-14-28-25(26-2)29-19-24-27-15-17-30(24)16-7-10-21-8-5-4-6-9-21/h4-6,8-9,11-12,15,17-18H,7,10,13-14,16,19H2,1-3H3,(H2,26,28,29). The van der Waals surface area contributed by atoms with E-state index in [9.17, 15) is 0 Å². The van der Waals surface area contributed by atoms with Gasteiger partial charge in [0.15, 0.2) is 5.96 Å². The number of guanidine groups is 1. The van der Waals surface area contributed by atoms with Crippen molar-refractivity contribution in [1.82, 2.24) is 20.2 Å². The Morgan fingerprint density at radius 1 is 1.06 bits per heavy atom. The molecule has 164 valence electrons. The van der Waals surface area contributed by atoms with Gasteiger partial charge in [0, 0.05) is 32.5 Å². The second-order valence-electron chi connectivity index (χ2n) is 7.53. The molecule has 6 nitrogen and oxygen atoms in total. The van der Waals surface area contributed by atoms with Gasteiger partial charge < -0.3 is 19.9 Å². The fourth-order valence-electron chi connectivity index (χ4n) is 3.54. The summed E-state index contributed by atoms with van der Waals surface area (Å²) in [5, 5.41) is 6.75. The molecule has 3 rings (SSSR count). The van der Waals surface area contributed by atoms with E-state index in [1.165, 1.54) is 11.1 Å². The SMILES string of the molecule is CN=C(NCCc1ccc(C)c(OC)c1)NCc1nccn1CCCc1ccccc1. The van der Waals surface area contributed by atoms with Crippen LogP contribution in [0.4, 0.5) is 0 Å². The first-order valence-electron chi connectivity index (χ1n) is 10.8. The van der Waals surface area contributed by atoms with Crippen LogP contribution in [0.15, 0.2) is 65.9 Å². The van der Waals surface area contributed by atoms with Gasteiger partial charge in [0.05, 0.1) is 13.7 Å². The number of aryl methyl sites for hydroxylation is 3. The Kier molecular flexibility index (Phi) is 8.52. The van der Waals surface area contributed by atoms with Crippen LogP contribution in [0.2, 0.25) is 0 Å². The number of hydrogen-bond acceptors (Lipinski definition) is 3. The average Bonchev–Trinajstić information content (AvgIpc) is 3.25. The van der Waals surface area contributed by atoms with Gasteiger partial charge in [-0.2, -0.15) is 0 Å². The summed E-state index contributed by atoms with van der Waals surface area (Å²) in [5.74, 6) is 2.72. The van der Waals surface area contributed by atoms with Gasteiger partial charge in [-0.05, 0) is 48.9 Å². The van der Waals surface area contributed by atoms with Gasteiger partial charge in [-0.25, -0.2) is 4.98 Å². The Hall–Kier alpha value is -3.28. The number of aromatic nitrogens is 2. The van der Waals surface area contributed by atoms with E-state index in [1.54, 1.807) is 14.2 Å². The van der Waals surface area contributed by atoms with Crippen LogP contribution >= 0.6 is 0 Å². The predicted octanol–water partition coefficient (Wildman–Crippen LogP) is 3.74. The van der Waals surface area contributed by atoms with Gasteiger partial charge in [0.1, 0.15) is 11.6 Å². The molecule has 1 heterocycles. The zero-order chi connectivity index (χ0) is 21.9. The van der Waals surface area contributed by atoms with Crippen LogP contribution < -0.4 is 15.4 Å². The quantitative estimate of drug-likeness (QED) is 0.388. The number of hydrogen-bond donors (Lipinski definition) is 2. The molecule has 2 aromatic carbocycles. The summed E-state index contributed by atoms with van der Waals surface area (Å²) in [6.45, 7) is 4.43. The number of nitrogens with zero attached hydrogens (tertiary/aromatic N) is 3. The van der Waals surface area contributed by atoms with Gasteiger partial charge in [-0.1, -0.05) is 42.5 Å². The predicted molar refractivity (Wildman–Crippen MR) is 127 cm³/mol. The lowest BCUT2D eigenvalue weighted by atomic mass is 10.1. The Labute approximate surface area is 185 Å². The highest BCUT2D eigenvalue weighted by Crippen LogP contribution is 2.19. The summed E-state index contributed by atoms with van der Waals surface area (Å²) in [4.78, 5) is 8.84. The number of rotatable bonds is 10. The Balaban J connectivity index is 1.43. The number of aliphatic imine (C=N–C) groups is 1. The lowest BCUT2D eigenvalue weighted by molar-refractivity contribution is 0.411. The van der Waals surface area contributed by atoms with Gasteiger partial charge in [-0.3, -0.25) is 4.99 Å². The molecule has 0 unspecified atom stereocenters. The molecular formula is C25H33N5O. The maximum Gasteiger partial charge on any atom is 0.191 e. The minimum Gasteiger partial charge on any atom is -0.496 e. The molecule has 0 saturated carbocycles. The van der Waals surface area contributed by atoms with Crippen LogP contribution in [0.25, 0.3) is 0 Å². The van der Waals surface area contributed by atoms with Crippen molar-refractivity contribution in [2.45, 2.75) is 39.3 Å². The van der Waals surface area contributed by atoms with Crippen LogP contribution in [0, 0.1) is 6.92 Å². The molecule has 0 saturated heterocycles. The van der Waals surface area contributed by atoms with E-state index in [0.717, 1.165) is 55.4 Å². The van der Waals surface area contributed by atoms with E-state index in [1.807, 2.05) is 12.4 Å². The van der Waals surface area contributed by atoms with Crippen molar-refractivity contribution in [2.75, 3.05) is 20.7 Å². The van der Waals surface area contributed by atoms with Crippen LogP contribution in [-0.4, -0.2) is 36.2 Å². The third kappa shape index (κ3) is 6.88. The minimum atomic E-state index is 0.635. The average molecular weight is 420 g/mol. The van der Waals surface area contributed by atoms with E-state index >= 15 is 0 Å². The van der Waals surface area contributed by atoms with E-state index in [2.05, 4.69) is 80.6 Å². The Morgan fingerprint density at radius 3 is 2.68 bits per heavy atom. The monoisotopic (exact) mass is 419 g/mol. The smallest absolute Gasteiger partial charge is 0.191 e. The van der Waals surface area contributed by atoms with E-state index < -0.39 is 0 Å². The summed E-state index contributed by atoms with van der Waals surface area (Å²) in [7, 11) is 3.50. The largest absolute Gasteiger partial charge is 0.496 e. The Morgan fingerprint density at radius 2 is 1.90 bits per heavy atom. The summed E-state index contributed by atoms with van der Waals surface area (Å²) in [6, 6.07) is 16.9. The molecule has 3 aromatic rings. The van der Waals surface area contributed by atoms with Crippen molar-refractivity contribution in [3.63, 3.8) is 0 Å². The van der Waals surface area contributed by atoms with Crippen LogP contribution in [0.1, 0.15) is 28.9 Å². The normalized spacial score (nSPS) is 11.4. The van der Waals surface area contributed by atoms with Crippen molar-refractivity contribution < 1.29 is 4.74 Å². The molecular weight excluding hydrogens is 386 g/mol. The molecule has 0 fully saturated rings. The fraction of sp³-hybridized carbons (Fsp3) is 0.360. The summed E-state index contributed by atoms with van der Waals surface area (Å²) < 4.78 is 7.62. The van der Waals surface area contributed by atoms with Crippen molar-refractivity contribution in [3.05, 3.63) is 83.4 Å². The van der Waals surface area contributed by atoms with Crippen LogP contribution in [-0.2, 0) is 25.9 Å². The second kappa shape index (κ2) is 11.8. The second-order valence-corrected chi connectivity index (χ2v) is 7.53. The third-order valence-corrected chi connectivity index (χ3v) is 5.33. The first-order valence-corrected chi connectivity index (χ1v) is 10.8. The van der Waals surface area contributed by atoms with Gasteiger partial charge in [0.25, 0.3) is 0 Å². The molecule has 0 aliphatic rings. The molecule has 0 aliphatic heterocycles. The number of ether oxygens (including phenoxy) is 1. The van der Waals surface area contributed by atoms with Crippen molar-refractivity contribution in [2.24, 2.45) is 4.99 Å². The highest BCUT2D eigenvalue weighted by Gasteiger charge is 2.06. The molecule has 0 radical (unpaired) electrons. The maximum absolute atomic E-state index is 5.41. The topological polar surface area (TPSA) is 63.5 Å². The minimum absolute atomic E-state index is 0.635. The third-order valence-electron chi connectivity index (χ3n) is 5.33. The van der Waals surface area contributed by atoms with Gasteiger partial charge in [0.2, 0.25) is 0 Å². The zero-order valence-electron chi connectivity index (χ0n) is 18.8. The molecule has 0 spiro atoms. The molecule has 0 atom stereocenters. The zero-order valence-corrected chi connectivity index (χ0v) is 18.8. The fourth-order valence-corrected chi connectivity index (χ4v) is 3.54. The van der Waals surface area contributed by atoms with Gasteiger partial charge in [-0.15, -0.1) is 0 Å². The highest BCUT2D eigenvalue weighted by atomic mass is 16.5.